The molecule has 27 heavy (non-hydrogen) atoms. The number of aryl methyl sites for hydroxylation is 1. The fourth-order valence-corrected chi connectivity index (χ4v) is 2.96. The summed E-state index contributed by atoms with van der Waals surface area (Å²) in [7, 11) is 0. The lowest BCUT2D eigenvalue weighted by Gasteiger charge is -2.11. The highest BCUT2D eigenvalue weighted by atomic mass is 79.9. The molecule has 0 atom stereocenters. The molecule has 7 nitrogen and oxygen atoms in total. The third kappa shape index (κ3) is 4.22. The van der Waals surface area contributed by atoms with Gasteiger partial charge in [0, 0.05) is 12.6 Å². The number of amides is 1. The Hall–Kier alpha value is -3.00. The number of hydrogen-bond donors (Lipinski definition) is 1. The molecule has 1 aromatic heterocycles. The molecule has 1 heterocycles. The standard InChI is InChI=1S/C19H17BrN4O3/c1-12-6-8-14(9-7-12)11-23-18(26)17(20)22-24(19(23)27)16-5-3-4-15(10-16)21-13(2)25/h3-10H,11H2,1-2H3,(H,21,25). The molecule has 0 unspecified atom stereocenters. The van der Waals surface area contributed by atoms with E-state index in [-0.39, 0.29) is 17.1 Å². The Morgan fingerprint density at radius 1 is 1.15 bits per heavy atom. The van der Waals surface area contributed by atoms with Crippen LogP contribution in [0.1, 0.15) is 18.1 Å². The zero-order valence-corrected chi connectivity index (χ0v) is 16.4. The molecule has 0 fully saturated rings. The number of hydrogen-bond acceptors (Lipinski definition) is 4. The van der Waals surface area contributed by atoms with E-state index in [1.54, 1.807) is 24.3 Å². The van der Waals surface area contributed by atoms with E-state index in [2.05, 4.69) is 26.3 Å². The normalized spacial score (nSPS) is 10.6. The first kappa shape index (κ1) is 18.8. The first-order chi connectivity index (χ1) is 12.8. The molecule has 8 heteroatoms. The maximum absolute atomic E-state index is 12.9. The Morgan fingerprint density at radius 2 is 1.85 bits per heavy atom. The molecule has 0 aliphatic carbocycles. The minimum Gasteiger partial charge on any atom is -0.326 e. The second kappa shape index (κ2) is 7.71. The van der Waals surface area contributed by atoms with Gasteiger partial charge in [-0.1, -0.05) is 35.9 Å². The van der Waals surface area contributed by atoms with E-state index >= 15 is 0 Å². The zero-order chi connectivity index (χ0) is 19.6. The lowest BCUT2D eigenvalue weighted by Crippen LogP contribution is -2.41. The molecule has 0 spiro atoms. The molecule has 2 aromatic carbocycles. The summed E-state index contributed by atoms with van der Waals surface area (Å²) in [5.41, 5.74) is 1.81. The van der Waals surface area contributed by atoms with Gasteiger partial charge in [-0.3, -0.25) is 14.2 Å². The number of rotatable bonds is 4. The van der Waals surface area contributed by atoms with E-state index in [0.717, 1.165) is 20.4 Å². The summed E-state index contributed by atoms with van der Waals surface area (Å²) in [6, 6.07) is 14.3. The van der Waals surface area contributed by atoms with Crippen LogP contribution >= 0.6 is 15.9 Å². The molecule has 0 aliphatic rings. The van der Waals surface area contributed by atoms with Gasteiger partial charge < -0.3 is 5.32 Å². The topological polar surface area (TPSA) is 86.0 Å². The minimum atomic E-state index is -0.566. The number of benzene rings is 2. The van der Waals surface area contributed by atoms with Gasteiger partial charge in [-0.15, -0.1) is 0 Å². The Balaban J connectivity index is 2.09. The molecule has 1 N–H and O–H groups in total. The van der Waals surface area contributed by atoms with Crippen molar-refractivity contribution in [1.29, 1.82) is 0 Å². The van der Waals surface area contributed by atoms with E-state index in [4.69, 9.17) is 0 Å². The fourth-order valence-electron chi connectivity index (χ4n) is 2.59. The number of nitrogens with zero attached hydrogens (tertiary/aromatic N) is 3. The highest BCUT2D eigenvalue weighted by Gasteiger charge is 2.13. The molecule has 0 saturated carbocycles. The molecule has 1 amide bonds. The van der Waals surface area contributed by atoms with Crippen LogP contribution in [0.2, 0.25) is 0 Å². The molecule has 3 aromatic rings. The molecule has 0 bridgehead atoms. The summed E-state index contributed by atoms with van der Waals surface area (Å²) in [5, 5.41) is 6.71. The first-order valence-corrected chi connectivity index (χ1v) is 8.97. The molecular weight excluding hydrogens is 412 g/mol. The number of aromatic nitrogens is 3. The van der Waals surface area contributed by atoms with Gasteiger partial charge in [0.25, 0.3) is 5.56 Å². The van der Waals surface area contributed by atoms with Crippen molar-refractivity contribution < 1.29 is 4.79 Å². The summed E-state index contributed by atoms with van der Waals surface area (Å²) >= 11 is 3.14. The number of anilines is 1. The van der Waals surface area contributed by atoms with Crippen LogP contribution in [0.4, 0.5) is 5.69 Å². The number of nitrogens with one attached hydrogen (secondary N) is 1. The van der Waals surface area contributed by atoms with Gasteiger partial charge >= 0.3 is 5.69 Å². The second-order valence-electron chi connectivity index (χ2n) is 6.09. The van der Waals surface area contributed by atoms with Crippen LogP contribution in [0.3, 0.4) is 0 Å². The summed E-state index contributed by atoms with van der Waals surface area (Å²) in [6.45, 7) is 3.49. The number of halogens is 1. The van der Waals surface area contributed by atoms with Crippen LogP contribution in [-0.2, 0) is 11.3 Å². The average molecular weight is 429 g/mol. The largest absolute Gasteiger partial charge is 0.352 e. The van der Waals surface area contributed by atoms with E-state index in [9.17, 15) is 14.4 Å². The van der Waals surface area contributed by atoms with Crippen molar-refractivity contribution in [1.82, 2.24) is 14.3 Å². The number of carbonyl (C=O) groups excluding carboxylic acids is 1. The third-order valence-corrected chi connectivity index (χ3v) is 4.39. The van der Waals surface area contributed by atoms with E-state index < -0.39 is 11.2 Å². The highest BCUT2D eigenvalue weighted by molar-refractivity contribution is 9.10. The van der Waals surface area contributed by atoms with Gasteiger partial charge in [-0.25, -0.2) is 4.79 Å². The Bertz CT molecular complexity index is 1120. The zero-order valence-electron chi connectivity index (χ0n) is 14.8. The lowest BCUT2D eigenvalue weighted by molar-refractivity contribution is -0.114. The molecule has 3 rings (SSSR count). The van der Waals surface area contributed by atoms with Crippen LogP contribution in [0.25, 0.3) is 5.69 Å². The van der Waals surface area contributed by atoms with Crippen LogP contribution in [0, 0.1) is 6.92 Å². The maximum atomic E-state index is 12.9. The smallest absolute Gasteiger partial charge is 0.326 e. The van der Waals surface area contributed by atoms with Crippen molar-refractivity contribution in [3.8, 4) is 5.69 Å². The summed E-state index contributed by atoms with van der Waals surface area (Å²) in [6.07, 6.45) is 0. The van der Waals surface area contributed by atoms with Gasteiger partial charge in [-0.2, -0.15) is 9.78 Å². The second-order valence-corrected chi connectivity index (χ2v) is 6.84. The van der Waals surface area contributed by atoms with Crippen molar-refractivity contribution in [2.24, 2.45) is 0 Å². The summed E-state index contributed by atoms with van der Waals surface area (Å²) < 4.78 is 2.27. The van der Waals surface area contributed by atoms with Gasteiger partial charge in [0.15, 0.2) is 4.60 Å². The quantitative estimate of drug-likeness (QED) is 0.691. The number of carbonyl (C=O) groups is 1. The average Bonchev–Trinajstić information content (AvgIpc) is 2.63. The van der Waals surface area contributed by atoms with Crippen LogP contribution in [-0.4, -0.2) is 20.3 Å². The predicted octanol–water partition coefficient (Wildman–Crippen LogP) is 2.47. The van der Waals surface area contributed by atoms with Gasteiger partial charge in [0.2, 0.25) is 5.91 Å². The van der Waals surface area contributed by atoms with Gasteiger partial charge in [0.1, 0.15) is 0 Å². The third-order valence-electron chi connectivity index (χ3n) is 3.89. The van der Waals surface area contributed by atoms with Crippen molar-refractivity contribution in [3.63, 3.8) is 0 Å². The van der Waals surface area contributed by atoms with E-state index in [1.165, 1.54) is 6.92 Å². The monoisotopic (exact) mass is 428 g/mol. The SMILES string of the molecule is CC(=O)Nc1cccc(-n2nc(Br)c(=O)n(Cc3ccc(C)cc3)c2=O)c1. The van der Waals surface area contributed by atoms with Crippen LogP contribution in [0.5, 0.6) is 0 Å². The van der Waals surface area contributed by atoms with E-state index in [1.807, 2.05) is 31.2 Å². The van der Waals surface area contributed by atoms with Crippen LogP contribution in [0.15, 0.2) is 62.7 Å². The molecule has 138 valence electrons. The minimum absolute atomic E-state index is 0.0270. The van der Waals surface area contributed by atoms with Crippen molar-refractivity contribution in [2.45, 2.75) is 20.4 Å². The molecular formula is C19H17BrN4O3. The van der Waals surface area contributed by atoms with Crippen molar-refractivity contribution in [3.05, 3.63) is 85.1 Å². The highest BCUT2D eigenvalue weighted by Crippen LogP contribution is 2.13. The lowest BCUT2D eigenvalue weighted by atomic mass is 10.1. The van der Waals surface area contributed by atoms with Gasteiger partial charge in [0.05, 0.1) is 12.2 Å². The van der Waals surface area contributed by atoms with Gasteiger partial charge in [-0.05, 0) is 46.6 Å². The first-order valence-electron chi connectivity index (χ1n) is 8.18. The Kier molecular flexibility index (Phi) is 5.36. The van der Waals surface area contributed by atoms with Crippen molar-refractivity contribution in [2.75, 3.05) is 5.32 Å². The molecule has 0 radical (unpaired) electrons. The maximum Gasteiger partial charge on any atom is 0.352 e. The van der Waals surface area contributed by atoms with Crippen molar-refractivity contribution >= 4 is 27.5 Å². The van der Waals surface area contributed by atoms with E-state index in [0.29, 0.717) is 11.4 Å². The summed E-state index contributed by atoms with van der Waals surface area (Å²) in [5.74, 6) is -0.224. The molecule has 0 aliphatic heterocycles. The molecule has 0 saturated heterocycles. The van der Waals surface area contributed by atoms with Crippen LogP contribution < -0.4 is 16.6 Å². The predicted molar refractivity (Wildman–Crippen MR) is 106 cm³/mol. The Morgan fingerprint density at radius 3 is 2.52 bits per heavy atom. The fraction of sp³-hybridized carbons (Fsp3) is 0.158. The Labute approximate surface area is 163 Å². The summed E-state index contributed by atoms with van der Waals surface area (Å²) in [4.78, 5) is 36.6.